The van der Waals surface area contributed by atoms with Crippen LogP contribution < -0.4 is 5.56 Å². The van der Waals surface area contributed by atoms with E-state index in [1.807, 2.05) is 13.8 Å². The third kappa shape index (κ3) is 0.875. The van der Waals surface area contributed by atoms with Gasteiger partial charge in [-0.05, 0) is 13.3 Å². The molecule has 10 heavy (non-hydrogen) atoms. The number of aromatic amines is 1. The van der Waals surface area contributed by atoms with Crippen LogP contribution in [0.3, 0.4) is 0 Å². The zero-order valence-electron chi connectivity index (χ0n) is 6.56. The highest BCUT2D eigenvalue weighted by Crippen LogP contribution is 1.97. The summed E-state index contributed by atoms with van der Waals surface area (Å²) in [4.78, 5) is 11.2. The minimum absolute atomic E-state index is 0.0972. The molecule has 0 amide bonds. The molecule has 0 aliphatic heterocycles. The van der Waals surface area contributed by atoms with E-state index in [1.54, 1.807) is 7.05 Å². The molecule has 0 bridgehead atoms. The number of nitrogens with zero attached hydrogens (tertiary/aromatic N) is 1. The summed E-state index contributed by atoms with van der Waals surface area (Å²) in [5, 5.41) is 2.93. The van der Waals surface area contributed by atoms with Crippen molar-refractivity contribution < 1.29 is 0 Å². The number of hydrogen-bond donors (Lipinski definition) is 1. The van der Waals surface area contributed by atoms with E-state index < -0.39 is 0 Å². The molecule has 0 aromatic carbocycles. The summed E-state index contributed by atoms with van der Waals surface area (Å²) in [5.41, 5.74) is 1.97. The van der Waals surface area contributed by atoms with Crippen molar-refractivity contribution in [3.63, 3.8) is 0 Å². The van der Waals surface area contributed by atoms with E-state index in [0.717, 1.165) is 17.7 Å². The number of aryl methyl sites for hydroxylation is 2. The Labute approximate surface area is 59.7 Å². The lowest BCUT2D eigenvalue weighted by Crippen LogP contribution is -2.14. The molecule has 0 aliphatic carbocycles. The Balaban J connectivity index is 3.34. The van der Waals surface area contributed by atoms with Crippen LogP contribution >= 0.6 is 0 Å². The Morgan fingerprint density at radius 2 is 2.20 bits per heavy atom. The van der Waals surface area contributed by atoms with Crippen molar-refractivity contribution in [1.29, 1.82) is 0 Å². The average Bonchev–Trinajstić information content (AvgIpc) is 2.09. The molecule has 1 heterocycles. The summed E-state index contributed by atoms with van der Waals surface area (Å²) >= 11 is 0. The topological polar surface area (TPSA) is 37.8 Å². The number of rotatable bonds is 1. The van der Waals surface area contributed by atoms with E-state index in [-0.39, 0.29) is 5.56 Å². The van der Waals surface area contributed by atoms with Crippen LogP contribution in [0, 0.1) is 6.92 Å². The summed E-state index contributed by atoms with van der Waals surface area (Å²) in [5.74, 6) is 0. The SMILES string of the molecule is CCc1c(C)[nH]n(C)c1=O. The van der Waals surface area contributed by atoms with Gasteiger partial charge >= 0.3 is 0 Å². The van der Waals surface area contributed by atoms with Gasteiger partial charge in [-0.25, -0.2) is 0 Å². The lowest BCUT2D eigenvalue weighted by Gasteiger charge is -1.85. The predicted molar refractivity (Wildman–Crippen MR) is 40.1 cm³/mol. The van der Waals surface area contributed by atoms with Crippen molar-refractivity contribution in [2.24, 2.45) is 7.05 Å². The smallest absolute Gasteiger partial charge is 0.269 e. The van der Waals surface area contributed by atoms with Crippen molar-refractivity contribution in [2.45, 2.75) is 20.3 Å². The maximum atomic E-state index is 11.2. The third-order valence-electron chi connectivity index (χ3n) is 1.70. The van der Waals surface area contributed by atoms with Gasteiger partial charge in [-0.3, -0.25) is 14.6 Å². The molecule has 0 saturated heterocycles. The lowest BCUT2D eigenvalue weighted by atomic mass is 10.2. The molecule has 0 radical (unpaired) electrons. The zero-order chi connectivity index (χ0) is 7.72. The second-order valence-corrected chi connectivity index (χ2v) is 2.43. The molecule has 1 rings (SSSR count). The van der Waals surface area contributed by atoms with Crippen LogP contribution in [0.4, 0.5) is 0 Å². The molecule has 0 spiro atoms. The molecule has 0 saturated carbocycles. The van der Waals surface area contributed by atoms with Crippen molar-refractivity contribution in [2.75, 3.05) is 0 Å². The molecule has 0 fully saturated rings. The van der Waals surface area contributed by atoms with Crippen LogP contribution in [-0.4, -0.2) is 9.78 Å². The van der Waals surface area contributed by atoms with Gasteiger partial charge in [0.15, 0.2) is 0 Å². The fourth-order valence-electron chi connectivity index (χ4n) is 1.15. The average molecular weight is 140 g/mol. The van der Waals surface area contributed by atoms with Crippen LogP contribution in [-0.2, 0) is 13.5 Å². The van der Waals surface area contributed by atoms with Gasteiger partial charge in [-0.15, -0.1) is 0 Å². The number of aromatic nitrogens is 2. The lowest BCUT2D eigenvalue weighted by molar-refractivity contribution is 0.730. The molecular formula is C7H12N2O. The highest BCUT2D eigenvalue weighted by molar-refractivity contribution is 5.14. The Hall–Kier alpha value is -0.990. The fraction of sp³-hybridized carbons (Fsp3) is 0.571. The van der Waals surface area contributed by atoms with Gasteiger partial charge in [0.25, 0.3) is 5.56 Å². The number of nitrogens with one attached hydrogen (secondary N) is 1. The summed E-state index contributed by atoms with van der Waals surface area (Å²) < 4.78 is 1.51. The first kappa shape index (κ1) is 7.12. The normalized spacial score (nSPS) is 10.3. The summed E-state index contributed by atoms with van der Waals surface area (Å²) in [6, 6.07) is 0. The summed E-state index contributed by atoms with van der Waals surface area (Å²) in [6.45, 7) is 3.90. The molecule has 0 aliphatic rings. The molecular weight excluding hydrogens is 128 g/mol. The first-order chi connectivity index (χ1) is 4.66. The minimum Gasteiger partial charge on any atom is -0.300 e. The maximum Gasteiger partial charge on any atom is 0.269 e. The van der Waals surface area contributed by atoms with E-state index >= 15 is 0 Å². The molecule has 0 atom stereocenters. The monoisotopic (exact) mass is 140 g/mol. The molecule has 3 nitrogen and oxygen atoms in total. The van der Waals surface area contributed by atoms with Crippen LogP contribution in [0.5, 0.6) is 0 Å². The van der Waals surface area contributed by atoms with Crippen LogP contribution in [0.2, 0.25) is 0 Å². The summed E-state index contributed by atoms with van der Waals surface area (Å²) in [7, 11) is 1.73. The van der Waals surface area contributed by atoms with Crippen molar-refractivity contribution in [3.05, 3.63) is 21.6 Å². The van der Waals surface area contributed by atoms with E-state index in [2.05, 4.69) is 5.10 Å². The quantitative estimate of drug-likeness (QED) is 0.609. The molecule has 0 unspecified atom stereocenters. The first-order valence-corrected chi connectivity index (χ1v) is 3.41. The minimum atomic E-state index is 0.0972. The number of hydrogen-bond acceptors (Lipinski definition) is 1. The fourth-order valence-corrected chi connectivity index (χ4v) is 1.15. The molecule has 3 heteroatoms. The van der Waals surface area contributed by atoms with E-state index in [0.29, 0.717) is 0 Å². The van der Waals surface area contributed by atoms with E-state index in [4.69, 9.17) is 0 Å². The standard InChI is InChI=1S/C7H12N2O/c1-4-6-5(2)8-9(3)7(6)10/h8H,4H2,1-3H3. The number of H-pyrrole nitrogens is 1. The van der Waals surface area contributed by atoms with E-state index in [1.165, 1.54) is 4.68 Å². The van der Waals surface area contributed by atoms with Gasteiger partial charge in [0.05, 0.1) is 0 Å². The Kier molecular flexibility index (Phi) is 1.66. The van der Waals surface area contributed by atoms with E-state index in [9.17, 15) is 4.79 Å². The highest BCUT2D eigenvalue weighted by Gasteiger charge is 2.04. The Morgan fingerprint density at radius 3 is 2.40 bits per heavy atom. The molecule has 1 aromatic heterocycles. The third-order valence-corrected chi connectivity index (χ3v) is 1.70. The Morgan fingerprint density at radius 1 is 1.60 bits per heavy atom. The summed E-state index contributed by atoms with van der Waals surface area (Å²) in [6.07, 6.45) is 0.808. The Bertz CT molecular complexity index is 282. The largest absolute Gasteiger partial charge is 0.300 e. The zero-order valence-corrected chi connectivity index (χ0v) is 6.56. The van der Waals surface area contributed by atoms with Crippen LogP contribution in [0.1, 0.15) is 18.2 Å². The van der Waals surface area contributed by atoms with Gasteiger partial charge in [-0.1, -0.05) is 6.92 Å². The van der Waals surface area contributed by atoms with Crippen molar-refractivity contribution >= 4 is 0 Å². The van der Waals surface area contributed by atoms with Crippen molar-refractivity contribution in [1.82, 2.24) is 9.78 Å². The van der Waals surface area contributed by atoms with Gasteiger partial charge in [-0.2, -0.15) is 0 Å². The highest BCUT2D eigenvalue weighted by atomic mass is 16.1. The van der Waals surface area contributed by atoms with Crippen LogP contribution in [0.25, 0.3) is 0 Å². The molecule has 56 valence electrons. The first-order valence-electron chi connectivity index (χ1n) is 3.41. The predicted octanol–water partition coefficient (Wildman–Crippen LogP) is 0.584. The van der Waals surface area contributed by atoms with Crippen LogP contribution in [0.15, 0.2) is 4.79 Å². The molecule has 1 aromatic rings. The van der Waals surface area contributed by atoms with Gasteiger partial charge in [0, 0.05) is 18.3 Å². The van der Waals surface area contributed by atoms with Gasteiger partial charge < -0.3 is 0 Å². The maximum absolute atomic E-state index is 11.2. The van der Waals surface area contributed by atoms with Gasteiger partial charge in [0.1, 0.15) is 0 Å². The van der Waals surface area contributed by atoms with Crippen molar-refractivity contribution in [3.8, 4) is 0 Å². The second kappa shape index (κ2) is 2.33. The second-order valence-electron chi connectivity index (χ2n) is 2.43. The molecule has 1 N–H and O–H groups in total. The van der Waals surface area contributed by atoms with Gasteiger partial charge in [0.2, 0.25) is 0 Å².